The third-order valence-corrected chi connectivity index (χ3v) is 13.1. The van der Waals surface area contributed by atoms with Crippen molar-refractivity contribution < 1.29 is 13.7 Å². The van der Waals surface area contributed by atoms with Gasteiger partial charge in [-0.25, -0.2) is 4.98 Å². The smallest absolute Gasteiger partial charge is 0.246 e. The van der Waals surface area contributed by atoms with Gasteiger partial charge in [-0.05, 0) is 55.6 Å². The summed E-state index contributed by atoms with van der Waals surface area (Å²) < 4.78 is 7.76. The molecule has 0 aliphatic rings. The number of pyridine rings is 1. The fourth-order valence-corrected chi connectivity index (χ4v) is 10.4. The highest BCUT2D eigenvalue weighted by Gasteiger charge is 2.27. The molecule has 284 valence electrons. The fraction of sp³-hybridized carbons (Fsp3) is 0. The summed E-state index contributed by atoms with van der Waals surface area (Å²) in [6.45, 7) is 0. The van der Waals surface area contributed by atoms with Gasteiger partial charge in [0.1, 0.15) is 0 Å². The first kappa shape index (κ1) is 35.1. The van der Waals surface area contributed by atoms with Gasteiger partial charge in [-0.3, -0.25) is 0 Å². The van der Waals surface area contributed by atoms with Gasteiger partial charge in [0.25, 0.3) is 0 Å². The fourth-order valence-electron chi connectivity index (χ4n) is 9.04. The molecule has 9 aromatic carbocycles. The Morgan fingerprint density at radius 2 is 0.820 bits per heavy atom. The predicted octanol–water partition coefficient (Wildman–Crippen LogP) is 12.7. The first-order chi connectivity index (χ1) is 30.2. The molecule has 3 heterocycles. The number of aromatic nitrogens is 4. The van der Waals surface area contributed by atoms with Crippen molar-refractivity contribution in [3.8, 4) is 49.9 Å². The van der Waals surface area contributed by atoms with Crippen molar-refractivity contribution in [2.45, 2.75) is 0 Å². The van der Waals surface area contributed by atoms with Crippen molar-refractivity contribution in [2.24, 2.45) is 0 Å². The third-order valence-electron chi connectivity index (χ3n) is 11.9. The number of benzene rings is 9. The van der Waals surface area contributed by atoms with Gasteiger partial charge >= 0.3 is 19.0 Å². The van der Waals surface area contributed by atoms with Crippen LogP contribution in [0.15, 0.2) is 225 Å². The van der Waals surface area contributed by atoms with Crippen molar-refractivity contribution in [1.29, 1.82) is 0 Å². The van der Waals surface area contributed by atoms with Crippen molar-refractivity contribution in [2.75, 3.05) is 0 Å². The number of hydrogen-bond donors (Lipinski definition) is 0. The zero-order valence-electron chi connectivity index (χ0n) is 33.1. The van der Waals surface area contributed by atoms with Crippen molar-refractivity contribution in [3.63, 3.8) is 0 Å². The monoisotopic (exact) mass is 797 g/mol. The lowest BCUT2D eigenvalue weighted by Crippen LogP contribution is -2.55. The number of fused-ring (bicyclic) bond motifs is 9. The normalized spacial score (nSPS) is 11.6. The summed E-state index contributed by atoms with van der Waals surface area (Å²) in [5, 5.41) is 9.98. The first-order valence-electron chi connectivity index (χ1n) is 20.6. The topological polar surface area (TPSA) is 24.5 Å². The number of nitrogens with zero attached hydrogens (tertiary/aromatic N) is 4. The van der Waals surface area contributed by atoms with E-state index < -0.39 is 0 Å². The number of rotatable bonds is 6. The highest BCUT2D eigenvalue weighted by atomic mass is 32.1. The summed E-state index contributed by atoms with van der Waals surface area (Å²) in [6.07, 6.45) is 6.44. The number of para-hydroxylation sites is 3. The van der Waals surface area contributed by atoms with Gasteiger partial charge in [0.2, 0.25) is 17.1 Å². The van der Waals surface area contributed by atoms with Crippen molar-refractivity contribution >= 4 is 64.6 Å². The van der Waals surface area contributed by atoms with E-state index in [1.165, 1.54) is 58.4 Å². The van der Waals surface area contributed by atoms with Crippen LogP contribution in [0.5, 0.6) is 0 Å². The van der Waals surface area contributed by atoms with E-state index in [4.69, 9.17) is 4.98 Å². The van der Waals surface area contributed by atoms with Crippen LogP contribution in [-0.4, -0.2) is 4.98 Å². The Labute approximate surface area is 356 Å². The van der Waals surface area contributed by atoms with E-state index in [2.05, 4.69) is 239 Å². The van der Waals surface area contributed by atoms with Crippen LogP contribution in [0.2, 0.25) is 0 Å². The van der Waals surface area contributed by atoms with Gasteiger partial charge in [0.05, 0.1) is 15.9 Å². The molecule has 4 nitrogen and oxygen atoms in total. The Morgan fingerprint density at radius 3 is 1.44 bits per heavy atom. The minimum Gasteiger partial charge on any atom is -0.246 e. The minimum atomic E-state index is 0.987. The zero-order chi connectivity index (χ0) is 40.3. The van der Waals surface area contributed by atoms with Crippen molar-refractivity contribution in [1.82, 2.24) is 4.98 Å². The lowest BCUT2D eigenvalue weighted by Gasteiger charge is -2.13. The number of hydrogen-bond acceptors (Lipinski definition) is 2. The quantitative estimate of drug-likeness (QED) is 0.121. The molecule has 0 fully saturated rings. The maximum atomic E-state index is 5.38. The Hall–Kier alpha value is -7.86. The first-order valence-corrected chi connectivity index (χ1v) is 21.4. The summed E-state index contributed by atoms with van der Waals surface area (Å²) in [4.78, 5) is 6.59. The minimum absolute atomic E-state index is 0.987. The zero-order valence-corrected chi connectivity index (χ0v) is 33.9. The van der Waals surface area contributed by atoms with Crippen LogP contribution in [0, 0.1) is 0 Å². The van der Waals surface area contributed by atoms with Gasteiger partial charge in [-0.15, -0.1) is 11.3 Å². The lowest BCUT2D eigenvalue weighted by molar-refractivity contribution is -0.858. The van der Waals surface area contributed by atoms with Gasteiger partial charge < -0.3 is 0 Å². The molecule has 12 rings (SSSR count). The average Bonchev–Trinajstić information content (AvgIpc) is 3.76. The second kappa shape index (κ2) is 14.5. The largest absolute Gasteiger partial charge is 0.428 e. The van der Waals surface area contributed by atoms with Gasteiger partial charge in [-0.2, -0.15) is 0 Å². The average molecular weight is 798 g/mol. The van der Waals surface area contributed by atoms with Crippen LogP contribution in [0.25, 0.3) is 103 Å². The van der Waals surface area contributed by atoms with E-state index in [0.29, 0.717) is 0 Å². The summed E-state index contributed by atoms with van der Waals surface area (Å²) in [7, 11) is 0. The highest BCUT2D eigenvalue weighted by molar-refractivity contribution is 7.23. The molecule has 0 unspecified atom stereocenters. The Morgan fingerprint density at radius 1 is 0.344 bits per heavy atom. The molecule has 0 N–H and O–H groups in total. The highest BCUT2D eigenvalue weighted by Crippen LogP contribution is 2.51. The molecule has 0 saturated carbocycles. The van der Waals surface area contributed by atoms with E-state index in [0.717, 1.165) is 44.8 Å². The van der Waals surface area contributed by atoms with Gasteiger partial charge in [0.15, 0.2) is 0 Å². The molecule has 12 aromatic rings. The van der Waals surface area contributed by atoms with Crippen LogP contribution in [-0.2, 0) is 0 Å². The molecule has 0 amide bonds. The maximum absolute atomic E-state index is 5.38. The molecule has 3 aromatic heterocycles. The Bertz CT molecular complexity index is 3550. The summed E-state index contributed by atoms with van der Waals surface area (Å²) in [5.41, 5.74) is 9.87. The van der Waals surface area contributed by atoms with E-state index in [1.54, 1.807) is 0 Å². The van der Waals surface area contributed by atoms with Crippen LogP contribution in [0.1, 0.15) is 0 Å². The van der Waals surface area contributed by atoms with E-state index in [1.807, 2.05) is 11.3 Å². The molecule has 0 spiro atoms. The van der Waals surface area contributed by atoms with E-state index >= 15 is 0 Å². The standard InChI is InChI=1S/C56H37N4S/c1-4-17-38(18-5-1)54-56-53(49-29-14-15-30-51(49)57-54)52(39-31-32-48-46-27-11-10-25-44(46)45-26-12-13-28-47(45)50(48)34-39)55(61-56)40-19-16-24-43(33-40)60-36-58(41-20-6-2-7-21-41)35-59(37-60)42-22-8-3-9-23-42/h1-37H/q+3. The summed E-state index contributed by atoms with van der Waals surface area (Å²) >= 11 is 1.84. The second-order valence-electron chi connectivity index (χ2n) is 15.5. The van der Waals surface area contributed by atoms with Gasteiger partial charge in [0, 0.05) is 63.2 Å². The van der Waals surface area contributed by atoms with Crippen LogP contribution in [0.3, 0.4) is 0 Å². The Kier molecular flexibility index (Phi) is 8.32. The van der Waals surface area contributed by atoms with Crippen LogP contribution < -0.4 is 13.7 Å². The summed E-state index contributed by atoms with van der Waals surface area (Å²) in [6, 6.07) is 74.0. The second-order valence-corrected chi connectivity index (χ2v) is 16.5. The third kappa shape index (κ3) is 5.97. The Balaban J connectivity index is 1.15. The molecule has 61 heavy (non-hydrogen) atoms. The molecule has 0 radical (unpaired) electrons. The number of thiophene rings is 1. The predicted molar refractivity (Wildman–Crippen MR) is 251 cm³/mol. The van der Waals surface area contributed by atoms with Gasteiger partial charge in [-0.1, -0.05) is 171 Å². The van der Waals surface area contributed by atoms with Crippen LogP contribution >= 0.6 is 11.3 Å². The molecule has 0 aliphatic carbocycles. The summed E-state index contributed by atoms with van der Waals surface area (Å²) in [5.74, 6) is 0. The van der Waals surface area contributed by atoms with E-state index in [9.17, 15) is 0 Å². The van der Waals surface area contributed by atoms with Crippen molar-refractivity contribution in [3.05, 3.63) is 225 Å². The molecule has 0 saturated heterocycles. The molecular formula is C56H37N4S+3. The molecule has 0 atom stereocenters. The SMILES string of the molecule is c1ccc(-c2nc3ccccc3c3c(-c4ccc5c6ccccc6c6ccccc6c5c4)c(-c4cccc(-[n+]5c[n+](-c6ccccc6)c[n+](-c6ccccc6)c5)c4)sc23)cc1. The van der Waals surface area contributed by atoms with E-state index in [-0.39, 0.29) is 0 Å². The van der Waals surface area contributed by atoms with Crippen LogP contribution in [0.4, 0.5) is 0 Å². The maximum Gasteiger partial charge on any atom is 0.428 e. The molecular weight excluding hydrogens is 761 g/mol. The molecule has 0 aliphatic heterocycles. The molecule has 5 heteroatoms. The molecule has 0 bridgehead atoms. The lowest BCUT2D eigenvalue weighted by atomic mass is 9.90.